The molecule has 1 aromatic heterocycles. The maximum atomic E-state index is 13.6. The number of aryl methyl sites for hydroxylation is 1. The van der Waals surface area contributed by atoms with Crippen LogP contribution in [0.15, 0.2) is 48.7 Å². The molecule has 3 nitrogen and oxygen atoms in total. The van der Waals surface area contributed by atoms with Gasteiger partial charge in [0.25, 0.3) is 0 Å². The van der Waals surface area contributed by atoms with Gasteiger partial charge in [0.1, 0.15) is 6.61 Å². The normalized spacial score (nSPS) is 11.0. The van der Waals surface area contributed by atoms with E-state index in [0.717, 1.165) is 28.6 Å². The van der Waals surface area contributed by atoms with Crippen LogP contribution >= 0.6 is 0 Å². The Bertz CT molecular complexity index is 795. The molecule has 0 radical (unpaired) electrons. The number of aromatic nitrogens is 1. The van der Waals surface area contributed by atoms with Crippen LogP contribution in [0.2, 0.25) is 0 Å². The van der Waals surface area contributed by atoms with Crippen LogP contribution in [0.25, 0.3) is 10.9 Å². The van der Waals surface area contributed by atoms with Crippen molar-refractivity contribution in [2.24, 2.45) is 5.73 Å². The maximum Gasteiger partial charge on any atom is 0.165 e. The highest BCUT2D eigenvalue weighted by molar-refractivity contribution is 5.84. The number of ether oxygens (including phenoxy) is 1. The van der Waals surface area contributed by atoms with Crippen LogP contribution < -0.4 is 10.5 Å². The van der Waals surface area contributed by atoms with Crippen LogP contribution in [-0.2, 0) is 19.7 Å². The predicted molar refractivity (Wildman–Crippen MR) is 86.2 cm³/mol. The zero-order valence-electron chi connectivity index (χ0n) is 12.6. The van der Waals surface area contributed by atoms with E-state index in [4.69, 9.17) is 10.5 Å². The van der Waals surface area contributed by atoms with Crippen LogP contribution in [0.4, 0.5) is 4.39 Å². The molecule has 2 aromatic carbocycles. The van der Waals surface area contributed by atoms with Crippen molar-refractivity contribution in [3.8, 4) is 5.75 Å². The molecule has 0 aliphatic carbocycles. The second-order valence-electron chi connectivity index (χ2n) is 5.22. The first-order valence-corrected chi connectivity index (χ1v) is 7.41. The molecular weight excluding hydrogens is 279 g/mol. The molecular formula is C18H19FN2O. The molecule has 0 bridgehead atoms. The minimum atomic E-state index is -0.343. The van der Waals surface area contributed by atoms with E-state index in [1.54, 1.807) is 18.2 Å². The van der Waals surface area contributed by atoms with Crippen molar-refractivity contribution >= 4 is 10.9 Å². The van der Waals surface area contributed by atoms with E-state index in [0.29, 0.717) is 13.2 Å². The molecule has 0 atom stereocenters. The third-order valence-corrected chi connectivity index (χ3v) is 3.82. The molecule has 0 fully saturated rings. The van der Waals surface area contributed by atoms with Gasteiger partial charge in [0.05, 0.1) is 0 Å². The number of halogens is 1. The Kier molecular flexibility index (Phi) is 4.11. The van der Waals surface area contributed by atoms with Crippen molar-refractivity contribution in [1.82, 2.24) is 4.57 Å². The Balaban J connectivity index is 1.94. The largest absolute Gasteiger partial charge is 0.486 e. The zero-order chi connectivity index (χ0) is 15.5. The van der Waals surface area contributed by atoms with E-state index in [-0.39, 0.29) is 11.6 Å². The molecule has 114 valence electrons. The molecule has 1 heterocycles. The highest BCUT2D eigenvalue weighted by Crippen LogP contribution is 2.25. The van der Waals surface area contributed by atoms with Crippen LogP contribution in [0, 0.1) is 5.82 Å². The van der Waals surface area contributed by atoms with E-state index in [9.17, 15) is 4.39 Å². The number of para-hydroxylation sites is 1. The zero-order valence-corrected chi connectivity index (χ0v) is 12.6. The van der Waals surface area contributed by atoms with Crippen molar-refractivity contribution in [2.45, 2.75) is 26.6 Å². The second-order valence-corrected chi connectivity index (χ2v) is 5.22. The fourth-order valence-electron chi connectivity index (χ4n) is 2.64. The highest BCUT2D eigenvalue weighted by atomic mass is 19.1. The number of hydrogen-bond acceptors (Lipinski definition) is 2. The predicted octanol–water partition coefficient (Wildman–Crippen LogP) is 3.84. The summed E-state index contributed by atoms with van der Waals surface area (Å²) in [6.07, 6.45) is 2.06. The molecule has 0 saturated carbocycles. The Hall–Kier alpha value is -2.33. The van der Waals surface area contributed by atoms with Gasteiger partial charge in [-0.15, -0.1) is 0 Å². The van der Waals surface area contributed by atoms with Gasteiger partial charge in [0, 0.05) is 35.8 Å². The Morgan fingerprint density at radius 2 is 2.00 bits per heavy atom. The van der Waals surface area contributed by atoms with Gasteiger partial charge in [-0.3, -0.25) is 0 Å². The highest BCUT2D eigenvalue weighted by Gasteiger charge is 2.10. The third-order valence-electron chi connectivity index (χ3n) is 3.82. The maximum absolute atomic E-state index is 13.6. The summed E-state index contributed by atoms with van der Waals surface area (Å²) in [5.41, 5.74) is 8.99. The standard InChI is InChI=1S/C18H19FN2O/c1-2-21-11-14(12-22-18-6-4-3-5-16(18)19)15-9-13(10-20)7-8-17(15)21/h3-9,11H,2,10,12,20H2,1H3. The average molecular weight is 298 g/mol. The molecule has 22 heavy (non-hydrogen) atoms. The summed E-state index contributed by atoms with van der Waals surface area (Å²) < 4.78 is 21.5. The Morgan fingerprint density at radius 1 is 1.18 bits per heavy atom. The summed E-state index contributed by atoms with van der Waals surface area (Å²) in [5, 5.41) is 1.11. The molecule has 0 amide bonds. The lowest BCUT2D eigenvalue weighted by molar-refractivity contribution is 0.291. The average Bonchev–Trinajstić information content (AvgIpc) is 2.91. The smallest absolute Gasteiger partial charge is 0.165 e. The van der Waals surface area contributed by atoms with Crippen LogP contribution in [-0.4, -0.2) is 4.57 Å². The number of nitrogens with two attached hydrogens (primary N) is 1. The quantitative estimate of drug-likeness (QED) is 0.777. The van der Waals surface area contributed by atoms with Gasteiger partial charge < -0.3 is 15.0 Å². The first kappa shape index (κ1) is 14.6. The van der Waals surface area contributed by atoms with Crippen molar-refractivity contribution in [3.63, 3.8) is 0 Å². The minimum absolute atomic E-state index is 0.273. The van der Waals surface area contributed by atoms with Gasteiger partial charge in [-0.2, -0.15) is 0 Å². The summed E-state index contributed by atoms with van der Waals surface area (Å²) in [6, 6.07) is 12.7. The van der Waals surface area contributed by atoms with Crippen molar-refractivity contribution in [1.29, 1.82) is 0 Å². The molecule has 4 heteroatoms. The van der Waals surface area contributed by atoms with Gasteiger partial charge in [0.2, 0.25) is 0 Å². The first-order valence-electron chi connectivity index (χ1n) is 7.41. The molecule has 0 unspecified atom stereocenters. The number of benzene rings is 2. The SMILES string of the molecule is CCn1cc(COc2ccccc2F)c2cc(CN)ccc21. The van der Waals surface area contributed by atoms with Gasteiger partial charge in [0.15, 0.2) is 11.6 Å². The van der Waals surface area contributed by atoms with Gasteiger partial charge >= 0.3 is 0 Å². The molecule has 2 N–H and O–H groups in total. The minimum Gasteiger partial charge on any atom is -0.486 e. The summed E-state index contributed by atoms with van der Waals surface area (Å²) in [5.74, 6) is -0.0701. The van der Waals surface area contributed by atoms with E-state index < -0.39 is 0 Å². The lowest BCUT2D eigenvalue weighted by atomic mass is 10.1. The van der Waals surface area contributed by atoms with Gasteiger partial charge in [-0.25, -0.2) is 4.39 Å². The van der Waals surface area contributed by atoms with E-state index in [1.807, 2.05) is 6.07 Å². The Labute approximate surface area is 129 Å². The first-order chi connectivity index (χ1) is 10.7. The molecule has 0 saturated heterocycles. The molecule has 0 spiro atoms. The molecule has 0 aliphatic rings. The van der Waals surface area contributed by atoms with E-state index in [1.165, 1.54) is 6.07 Å². The molecule has 3 rings (SSSR count). The lowest BCUT2D eigenvalue weighted by Crippen LogP contribution is -1.98. The fourth-order valence-corrected chi connectivity index (χ4v) is 2.64. The van der Waals surface area contributed by atoms with Crippen LogP contribution in [0.1, 0.15) is 18.1 Å². The second kappa shape index (κ2) is 6.20. The van der Waals surface area contributed by atoms with Crippen molar-refractivity contribution < 1.29 is 9.13 Å². The monoisotopic (exact) mass is 298 g/mol. The lowest BCUT2D eigenvalue weighted by Gasteiger charge is -2.06. The molecule has 0 aliphatic heterocycles. The molecule has 3 aromatic rings. The number of nitrogens with zero attached hydrogens (tertiary/aromatic N) is 1. The summed E-state index contributed by atoms with van der Waals surface area (Å²) in [7, 11) is 0. The van der Waals surface area contributed by atoms with Crippen LogP contribution in [0.3, 0.4) is 0 Å². The Morgan fingerprint density at radius 3 is 2.73 bits per heavy atom. The van der Waals surface area contributed by atoms with E-state index in [2.05, 4.69) is 29.8 Å². The van der Waals surface area contributed by atoms with E-state index >= 15 is 0 Å². The van der Waals surface area contributed by atoms with Crippen molar-refractivity contribution in [3.05, 3.63) is 65.6 Å². The number of hydrogen-bond donors (Lipinski definition) is 1. The number of rotatable bonds is 5. The van der Waals surface area contributed by atoms with Crippen molar-refractivity contribution in [2.75, 3.05) is 0 Å². The van der Waals surface area contributed by atoms with Gasteiger partial charge in [-0.05, 0) is 36.8 Å². The topological polar surface area (TPSA) is 40.2 Å². The summed E-state index contributed by atoms with van der Waals surface area (Å²) in [6.45, 7) is 3.80. The third kappa shape index (κ3) is 2.70. The summed E-state index contributed by atoms with van der Waals surface area (Å²) in [4.78, 5) is 0. The fraction of sp³-hybridized carbons (Fsp3) is 0.222. The van der Waals surface area contributed by atoms with Gasteiger partial charge in [-0.1, -0.05) is 18.2 Å². The summed E-state index contributed by atoms with van der Waals surface area (Å²) >= 11 is 0. The number of fused-ring (bicyclic) bond motifs is 1. The van der Waals surface area contributed by atoms with Crippen LogP contribution in [0.5, 0.6) is 5.75 Å².